The molecular weight excluding hydrogens is 192 g/mol. The van der Waals surface area contributed by atoms with Crippen LogP contribution in [0.1, 0.15) is 23.2 Å². The summed E-state index contributed by atoms with van der Waals surface area (Å²) in [4.78, 5) is 11.7. The van der Waals surface area contributed by atoms with Gasteiger partial charge in [0.2, 0.25) is 0 Å². The molecule has 4 nitrogen and oxygen atoms in total. The highest BCUT2D eigenvalue weighted by Crippen LogP contribution is 2.34. The summed E-state index contributed by atoms with van der Waals surface area (Å²) in [5.41, 5.74) is 6.37. The third-order valence-corrected chi connectivity index (χ3v) is 2.71. The predicted octanol–water partition coefficient (Wildman–Crippen LogP) is 0.523. The summed E-state index contributed by atoms with van der Waals surface area (Å²) in [6, 6.07) is 6.73. The lowest BCUT2D eigenvalue weighted by Gasteiger charge is -2.14. The van der Waals surface area contributed by atoms with Gasteiger partial charge in [-0.2, -0.15) is 0 Å². The summed E-state index contributed by atoms with van der Waals surface area (Å²) in [7, 11) is 0. The van der Waals surface area contributed by atoms with Crippen molar-refractivity contribution in [2.24, 2.45) is 0 Å². The maximum atomic E-state index is 11.7. The zero-order valence-corrected chi connectivity index (χ0v) is 8.36. The van der Waals surface area contributed by atoms with Gasteiger partial charge in [-0.1, -0.05) is 0 Å². The summed E-state index contributed by atoms with van der Waals surface area (Å²) in [6.45, 7) is 0.00765. The lowest BCUT2D eigenvalue weighted by molar-refractivity contribution is 0.0907. The van der Waals surface area contributed by atoms with Gasteiger partial charge in [0.15, 0.2) is 0 Å². The molecule has 1 aliphatic carbocycles. The molecule has 4 heteroatoms. The SMILES string of the molecule is Nc1ccc(C(=O)NC2(CO)CC2)cc1. The second-order valence-electron chi connectivity index (χ2n) is 4.01. The van der Waals surface area contributed by atoms with Crippen LogP contribution in [0.3, 0.4) is 0 Å². The minimum absolute atomic E-state index is 0.00765. The van der Waals surface area contributed by atoms with E-state index in [9.17, 15) is 4.79 Å². The number of nitrogens with two attached hydrogens (primary N) is 1. The summed E-state index contributed by atoms with van der Waals surface area (Å²) in [5, 5.41) is 11.9. The first-order valence-corrected chi connectivity index (χ1v) is 4.94. The Bertz CT molecular complexity index is 369. The molecular formula is C11H14N2O2. The van der Waals surface area contributed by atoms with Crippen LogP contribution >= 0.6 is 0 Å². The highest BCUT2D eigenvalue weighted by Gasteiger charge is 2.43. The van der Waals surface area contributed by atoms with Gasteiger partial charge in [-0.05, 0) is 37.1 Å². The molecule has 0 bridgehead atoms. The summed E-state index contributed by atoms with van der Waals surface area (Å²) in [6.07, 6.45) is 1.70. The molecule has 0 aromatic heterocycles. The van der Waals surface area contributed by atoms with E-state index in [0.29, 0.717) is 11.3 Å². The molecule has 0 spiro atoms. The Morgan fingerprint density at radius 1 is 1.40 bits per heavy atom. The molecule has 0 heterocycles. The maximum Gasteiger partial charge on any atom is 0.251 e. The molecule has 1 aliphatic rings. The van der Waals surface area contributed by atoms with Crippen molar-refractivity contribution >= 4 is 11.6 Å². The van der Waals surface area contributed by atoms with E-state index in [-0.39, 0.29) is 18.1 Å². The lowest BCUT2D eigenvalue weighted by atomic mass is 10.1. The number of anilines is 1. The first kappa shape index (κ1) is 9.98. The number of rotatable bonds is 3. The molecule has 4 N–H and O–H groups in total. The van der Waals surface area contributed by atoms with Gasteiger partial charge in [-0.3, -0.25) is 4.79 Å². The fourth-order valence-electron chi connectivity index (χ4n) is 1.42. The third kappa shape index (κ3) is 2.10. The van der Waals surface area contributed by atoms with Gasteiger partial charge in [0.1, 0.15) is 0 Å². The van der Waals surface area contributed by atoms with E-state index < -0.39 is 0 Å². The molecule has 2 rings (SSSR count). The van der Waals surface area contributed by atoms with E-state index in [4.69, 9.17) is 10.8 Å². The van der Waals surface area contributed by atoms with Gasteiger partial charge in [-0.25, -0.2) is 0 Å². The van der Waals surface area contributed by atoms with Crippen molar-refractivity contribution in [1.29, 1.82) is 0 Å². The Kier molecular flexibility index (Phi) is 2.36. The minimum Gasteiger partial charge on any atom is -0.399 e. The number of carbonyl (C=O) groups excluding carboxylic acids is 1. The fourth-order valence-corrected chi connectivity index (χ4v) is 1.42. The number of carbonyl (C=O) groups is 1. The van der Waals surface area contributed by atoms with Crippen LogP contribution in [0.5, 0.6) is 0 Å². The van der Waals surface area contributed by atoms with E-state index in [2.05, 4.69) is 5.32 Å². The van der Waals surface area contributed by atoms with Crippen LogP contribution in [0.15, 0.2) is 24.3 Å². The van der Waals surface area contributed by atoms with E-state index >= 15 is 0 Å². The molecule has 1 aromatic carbocycles. The van der Waals surface area contributed by atoms with E-state index in [1.807, 2.05) is 0 Å². The van der Waals surface area contributed by atoms with Crippen molar-refractivity contribution in [3.63, 3.8) is 0 Å². The molecule has 80 valence electrons. The molecule has 1 fully saturated rings. The lowest BCUT2D eigenvalue weighted by Crippen LogP contribution is -2.39. The minimum atomic E-state index is -0.363. The van der Waals surface area contributed by atoms with E-state index in [1.165, 1.54) is 0 Å². The Hall–Kier alpha value is -1.55. The van der Waals surface area contributed by atoms with E-state index in [1.54, 1.807) is 24.3 Å². The number of hydrogen-bond acceptors (Lipinski definition) is 3. The predicted molar refractivity (Wildman–Crippen MR) is 57.4 cm³/mol. The number of hydrogen-bond donors (Lipinski definition) is 3. The normalized spacial score (nSPS) is 17.1. The second-order valence-corrected chi connectivity index (χ2v) is 4.01. The quantitative estimate of drug-likeness (QED) is 0.631. The van der Waals surface area contributed by atoms with Gasteiger partial charge in [0.05, 0.1) is 12.1 Å². The highest BCUT2D eigenvalue weighted by molar-refractivity contribution is 5.95. The van der Waals surface area contributed by atoms with Crippen molar-refractivity contribution < 1.29 is 9.90 Å². The average molecular weight is 206 g/mol. The first-order chi connectivity index (χ1) is 7.15. The zero-order valence-electron chi connectivity index (χ0n) is 8.36. The van der Waals surface area contributed by atoms with Gasteiger partial charge in [0.25, 0.3) is 5.91 Å². The van der Waals surface area contributed by atoms with Crippen LogP contribution in [0.2, 0.25) is 0 Å². The molecule has 1 aromatic rings. The first-order valence-electron chi connectivity index (χ1n) is 4.94. The van der Waals surface area contributed by atoms with Crippen molar-refractivity contribution in [1.82, 2.24) is 5.32 Å². The highest BCUT2D eigenvalue weighted by atomic mass is 16.3. The summed E-state index contributed by atoms with van der Waals surface area (Å²) in [5.74, 6) is -0.151. The standard InChI is InChI=1S/C11H14N2O2/c12-9-3-1-8(2-4-9)10(15)13-11(7-14)5-6-11/h1-4,14H,5-7,12H2,(H,13,15). The Balaban J connectivity index is 2.05. The largest absolute Gasteiger partial charge is 0.399 e. The smallest absolute Gasteiger partial charge is 0.251 e. The molecule has 1 amide bonds. The van der Waals surface area contributed by atoms with Crippen molar-refractivity contribution in [2.45, 2.75) is 18.4 Å². The molecule has 0 saturated heterocycles. The number of nitrogens with one attached hydrogen (secondary N) is 1. The van der Waals surface area contributed by atoms with Gasteiger partial charge < -0.3 is 16.2 Å². The number of benzene rings is 1. The Morgan fingerprint density at radius 3 is 2.47 bits per heavy atom. The second kappa shape index (κ2) is 3.55. The van der Waals surface area contributed by atoms with Crippen LogP contribution in [-0.2, 0) is 0 Å². The summed E-state index contributed by atoms with van der Waals surface area (Å²) >= 11 is 0. The van der Waals surface area contributed by atoms with Crippen LogP contribution in [0, 0.1) is 0 Å². The summed E-state index contributed by atoms with van der Waals surface area (Å²) < 4.78 is 0. The molecule has 15 heavy (non-hydrogen) atoms. The monoisotopic (exact) mass is 206 g/mol. The van der Waals surface area contributed by atoms with Gasteiger partial charge in [0, 0.05) is 11.3 Å². The molecule has 1 saturated carbocycles. The van der Waals surface area contributed by atoms with Crippen LogP contribution in [0.4, 0.5) is 5.69 Å². The fraction of sp³-hybridized carbons (Fsp3) is 0.364. The number of aliphatic hydroxyl groups is 1. The Labute approximate surface area is 88.1 Å². The number of amides is 1. The van der Waals surface area contributed by atoms with Crippen LogP contribution in [-0.4, -0.2) is 23.2 Å². The van der Waals surface area contributed by atoms with Crippen molar-refractivity contribution in [3.05, 3.63) is 29.8 Å². The van der Waals surface area contributed by atoms with Gasteiger partial charge in [-0.15, -0.1) is 0 Å². The maximum absolute atomic E-state index is 11.7. The molecule has 0 unspecified atom stereocenters. The van der Waals surface area contributed by atoms with E-state index in [0.717, 1.165) is 12.8 Å². The zero-order chi connectivity index (χ0) is 10.9. The molecule has 0 aliphatic heterocycles. The molecule has 0 radical (unpaired) electrons. The third-order valence-electron chi connectivity index (χ3n) is 2.71. The van der Waals surface area contributed by atoms with Crippen molar-refractivity contribution in [2.75, 3.05) is 12.3 Å². The Morgan fingerprint density at radius 2 is 2.00 bits per heavy atom. The van der Waals surface area contributed by atoms with Crippen molar-refractivity contribution in [3.8, 4) is 0 Å². The average Bonchev–Trinajstić information content (AvgIpc) is 2.99. The number of aliphatic hydroxyl groups excluding tert-OH is 1. The topological polar surface area (TPSA) is 75.4 Å². The van der Waals surface area contributed by atoms with Crippen LogP contribution < -0.4 is 11.1 Å². The van der Waals surface area contributed by atoms with Crippen LogP contribution in [0.25, 0.3) is 0 Å². The number of nitrogen functional groups attached to an aromatic ring is 1. The molecule has 0 atom stereocenters. The van der Waals surface area contributed by atoms with Gasteiger partial charge >= 0.3 is 0 Å².